The molecule has 1 atom stereocenters. The molecule has 1 aromatic rings. The van der Waals surface area contributed by atoms with E-state index in [1.807, 2.05) is 18.7 Å². The van der Waals surface area contributed by atoms with Crippen LogP contribution in [0.4, 0.5) is 0 Å². The summed E-state index contributed by atoms with van der Waals surface area (Å²) in [6.45, 7) is 16.9. The maximum absolute atomic E-state index is 14.1. The highest BCUT2D eigenvalue weighted by Gasteiger charge is 2.51. The first-order chi connectivity index (χ1) is 20.7. The molecule has 5 rings (SSSR count). The van der Waals surface area contributed by atoms with Gasteiger partial charge in [-0.1, -0.05) is 19.8 Å². The van der Waals surface area contributed by atoms with E-state index in [-0.39, 0.29) is 22.8 Å². The van der Waals surface area contributed by atoms with E-state index in [4.69, 9.17) is 4.74 Å². The monoisotopic (exact) mass is 595 g/mol. The zero-order chi connectivity index (χ0) is 30.6. The van der Waals surface area contributed by atoms with Crippen LogP contribution in [0.2, 0.25) is 0 Å². The topological polar surface area (TPSA) is 78.9 Å². The molecule has 0 N–H and O–H groups in total. The standard InChI is InChI=1S/C35H57N5O3/c1-6-8-9-30-32(41)39(24-28-10-12-29(13-11-28)43-7-2)21-16-35(30)17-22-40(23-18-35)34(5)14-19-38(20-15-34)33(42)31-26(3)36-25-37-27(31)4/h25,28-30H,6-24H2,1-5H3/t28?,29?,30-/m0/s1. The molecular weight excluding hydrogens is 538 g/mol. The molecule has 8 nitrogen and oxygen atoms in total. The average molecular weight is 596 g/mol. The highest BCUT2D eigenvalue weighted by Crippen LogP contribution is 2.49. The number of hydrogen-bond donors (Lipinski definition) is 0. The van der Waals surface area contributed by atoms with Gasteiger partial charge in [0.25, 0.3) is 5.91 Å². The van der Waals surface area contributed by atoms with Crippen molar-refractivity contribution in [2.45, 2.75) is 123 Å². The molecule has 4 aliphatic rings. The zero-order valence-electron chi connectivity index (χ0n) is 27.7. The summed E-state index contributed by atoms with van der Waals surface area (Å²) in [4.78, 5) is 43.0. The first-order valence-corrected chi connectivity index (χ1v) is 17.4. The Balaban J connectivity index is 1.17. The van der Waals surface area contributed by atoms with Crippen molar-refractivity contribution in [1.29, 1.82) is 0 Å². The predicted molar refractivity (Wildman–Crippen MR) is 170 cm³/mol. The Morgan fingerprint density at radius 2 is 1.56 bits per heavy atom. The number of aryl methyl sites for hydroxylation is 2. The fourth-order valence-corrected chi connectivity index (χ4v) is 8.83. The van der Waals surface area contributed by atoms with E-state index in [2.05, 4.69) is 40.5 Å². The second-order valence-electron chi connectivity index (χ2n) is 14.4. The van der Waals surface area contributed by atoms with Gasteiger partial charge in [-0.05, 0) is 116 Å². The molecule has 4 fully saturated rings. The third-order valence-electron chi connectivity index (χ3n) is 11.8. The van der Waals surface area contributed by atoms with E-state index < -0.39 is 0 Å². The van der Waals surface area contributed by atoms with Crippen molar-refractivity contribution in [3.8, 4) is 0 Å². The van der Waals surface area contributed by atoms with E-state index in [0.717, 1.165) is 121 Å². The predicted octanol–water partition coefficient (Wildman–Crippen LogP) is 5.80. The van der Waals surface area contributed by atoms with Gasteiger partial charge >= 0.3 is 0 Å². The smallest absolute Gasteiger partial charge is 0.257 e. The average Bonchev–Trinajstić information content (AvgIpc) is 3.00. The van der Waals surface area contributed by atoms with Gasteiger partial charge in [-0.25, -0.2) is 9.97 Å². The molecular formula is C35H57N5O3. The minimum Gasteiger partial charge on any atom is -0.379 e. The largest absolute Gasteiger partial charge is 0.379 e. The van der Waals surface area contributed by atoms with Crippen LogP contribution in [-0.4, -0.2) is 94.0 Å². The van der Waals surface area contributed by atoms with Crippen molar-refractivity contribution in [1.82, 2.24) is 24.7 Å². The van der Waals surface area contributed by atoms with Crippen LogP contribution in [-0.2, 0) is 9.53 Å². The van der Waals surface area contributed by atoms with Crippen LogP contribution < -0.4 is 0 Å². The van der Waals surface area contributed by atoms with E-state index in [0.29, 0.717) is 23.5 Å². The second kappa shape index (κ2) is 13.9. The highest BCUT2D eigenvalue weighted by atomic mass is 16.5. The quantitative estimate of drug-likeness (QED) is 0.359. The Labute approximate surface area is 260 Å². The number of piperidine rings is 3. The van der Waals surface area contributed by atoms with Gasteiger partial charge in [-0.3, -0.25) is 14.5 Å². The van der Waals surface area contributed by atoms with Gasteiger partial charge in [0.2, 0.25) is 5.91 Å². The summed E-state index contributed by atoms with van der Waals surface area (Å²) in [5, 5.41) is 0. The zero-order valence-corrected chi connectivity index (χ0v) is 27.7. The van der Waals surface area contributed by atoms with E-state index in [1.165, 1.54) is 19.2 Å². The number of amides is 2. The number of hydrogen-bond acceptors (Lipinski definition) is 6. The van der Waals surface area contributed by atoms with Gasteiger partial charge in [0.15, 0.2) is 0 Å². The fraction of sp³-hybridized carbons (Fsp3) is 0.829. The molecule has 0 unspecified atom stereocenters. The van der Waals surface area contributed by atoms with E-state index in [1.54, 1.807) is 0 Å². The van der Waals surface area contributed by atoms with Crippen LogP contribution in [0.5, 0.6) is 0 Å². The van der Waals surface area contributed by atoms with Crippen molar-refractivity contribution in [3.05, 3.63) is 23.3 Å². The molecule has 1 aromatic heterocycles. The number of rotatable bonds is 9. The summed E-state index contributed by atoms with van der Waals surface area (Å²) in [6, 6.07) is 0. The number of likely N-dealkylation sites (tertiary alicyclic amines) is 3. The van der Waals surface area contributed by atoms with E-state index >= 15 is 0 Å². The molecule has 43 heavy (non-hydrogen) atoms. The second-order valence-corrected chi connectivity index (χ2v) is 14.4. The molecule has 8 heteroatoms. The molecule has 2 amide bonds. The van der Waals surface area contributed by atoms with Crippen LogP contribution in [0.25, 0.3) is 0 Å². The normalized spacial score (nSPS) is 27.9. The van der Waals surface area contributed by atoms with Crippen molar-refractivity contribution in [2.75, 3.05) is 45.9 Å². The van der Waals surface area contributed by atoms with Crippen LogP contribution in [0.1, 0.15) is 120 Å². The van der Waals surface area contributed by atoms with Gasteiger partial charge < -0.3 is 14.5 Å². The number of ether oxygens (including phenoxy) is 1. The van der Waals surface area contributed by atoms with Crippen LogP contribution in [0, 0.1) is 31.1 Å². The first-order valence-electron chi connectivity index (χ1n) is 17.4. The molecule has 3 saturated heterocycles. The highest BCUT2D eigenvalue weighted by molar-refractivity contribution is 5.96. The Bertz CT molecular complexity index is 1080. The summed E-state index contributed by atoms with van der Waals surface area (Å²) < 4.78 is 5.87. The summed E-state index contributed by atoms with van der Waals surface area (Å²) >= 11 is 0. The van der Waals surface area contributed by atoms with Gasteiger partial charge in [0.1, 0.15) is 6.33 Å². The maximum atomic E-state index is 14.1. The maximum Gasteiger partial charge on any atom is 0.257 e. The van der Waals surface area contributed by atoms with Gasteiger partial charge in [0, 0.05) is 44.2 Å². The third-order valence-corrected chi connectivity index (χ3v) is 11.8. The van der Waals surface area contributed by atoms with Crippen molar-refractivity contribution < 1.29 is 14.3 Å². The first kappa shape index (κ1) is 32.3. The molecule has 4 heterocycles. The van der Waals surface area contributed by atoms with Gasteiger partial charge in [-0.15, -0.1) is 0 Å². The third kappa shape index (κ3) is 6.95. The van der Waals surface area contributed by atoms with Gasteiger partial charge in [-0.2, -0.15) is 0 Å². The Kier molecular flexibility index (Phi) is 10.5. The number of nitrogens with zero attached hydrogens (tertiary/aromatic N) is 5. The Morgan fingerprint density at radius 1 is 0.930 bits per heavy atom. The lowest BCUT2D eigenvalue weighted by atomic mass is 9.62. The number of carbonyl (C=O) groups is 2. The molecule has 240 valence electrons. The molecule has 1 saturated carbocycles. The summed E-state index contributed by atoms with van der Waals surface area (Å²) in [5.74, 6) is 1.33. The van der Waals surface area contributed by atoms with Crippen molar-refractivity contribution >= 4 is 11.8 Å². The molecule has 0 aromatic carbocycles. The number of unbranched alkanes of at least 4 members (excludes halogenated alkanes) is 1. The van der Waals surface area contributed by atoms with Crippen LogP contribution >= 0.6 is 0 Å². The Morgan fingerprint density at radius 3 is 2.16 bits per heavy atom. The van der Waals surface area contributed by atoms with E-state index in [9.17, 15) is 9.59 Å². The minimum absolute atomic E-state index is 0.0709. The molecule has 0 radical (unpaired) electrons. The SMILES string of the molecule is CCCC[C@H]1C(=O)N(CC2CCC(OCC)CC2)CCC12CCN(C1(C)CCN(C(=O)c3c(C)ncnc3C)CC1)CC2. The molecule has 3 aliphatic heterocycles. The molecule has 0 bridgehead atoms. The summed E-state index contributed by atoms with van der Waals surface area (Å²) in [6.07, 6.45) is 15.3. The van der Waals surface area contributed by atoms with Crippen LogP contribution in [0.15, 0.2) is 6.33 Å². The number of carbonyl (C=O) groups excluding carboxylic acids is 2. The molecule has 1 spiro atoms. The van der Waals surface area contributed by atoms with Crippen molar-refractivity contribution in [3.63, 3.8) is 0 Å². The lowest BCUT2D eigenvalue weighted by Crippen LogP contribution is -2.60. The summed E-state index contributed by atoms with van der Waals surface area (Å²) in [7, 11) is 0. The number of aromatic nitrogens is 2. The minimum atomic E-state index is 0.0709. The Hall–Kier alpha value is -2.06. The molecule has 1 aliphatic carbocycles. The van der Waals surface area contributed by atoms with Crippen molar-refractivity contribution in [2.24, 2.45) is 17.3 Å². The summed E-state index contributed by atoms with van der Waals surface area (Å²) in [5.41, 5.74) is 2.44. The lowest BCUT2D eigenvalue weighted by Gasteiger charge is -2.55. The van der Waals surface area contributed by atoms with Gasteiger partial charge in [0.05, 0.1) is 23.1 Å². The lowest BCUT2D eigenvalue weighted by molar-refractivity contribution is -0.152. The van der Waals surface area contributed by atoms with Crippen LogP contribution in [0.3, 0.4) is 0 Å². The fourth-order valence-electron chi connectivity index (χ4n) is 8.83.